The Kier molecular flexibility index (Phi) is 3.37. The Balaban J connectivity index is 2.94. The van der Waals surface area contributed by atoms with Gasteiger partial charge in [0, 0.05) is 6.54 Å². The van der Waals surface area contributed by atoms with Crippen LogP contribution in [0.25, 0.3) is 0 Å². The van der Waals surface area contributed by atoms with Gasteiger partial charge in [0.15, 0.2) is 0 Å². The van der Waals surface area contributed by atoms with E-state index < -0.39 is 5.54 Å². The molecule has 0 saturated carbocycles. The van der Waals surface area contributed by atoms with Crippen molar-refractivity contribution in [1.82, 2.24) is 10.2 Å². The lowest BCUT2D eigenvalue weighted by Gasteiger charge is -2.42. The summed E-state index contributed by atoms with van der Waals surface area (Å²) in [5.74, 6) is -0.00801. The smallest absolute Gasteiger partial charge is 0.248 e. The SMILES string of the molecule is CCCN1C(=O)C(C)(C)NC(=O)C1CC. The number of nitrogens with one attached hydrogen (secondary N) is 1. The van der Waals surface area contributed by atoms with E-state index in [-0.39, 0.29) is 17.9 Å². The molecule has 1 aliphatic rings. The molecule has 0 bridgehead atoms. The van der Waals surface area contributed by atoms with Crippen molar-refractivity contribution in [3.05, 3.63) is 0 Å². The maximum absolute atomic E-state index is 12.1. The molecule has 4 heteroatoms. The van der Waals surface area contributed by atoms with E-state index in [4.69, 9.17) is 0 Å². The molecule has 0 radical (unpaired) electrons. The zero-order valence-corrected chi connectivity index (χ0v) is 9.96. The monoisotopic (exact) mass is 212 g/mol. The fourth-order valence-electron chi connectivity index (χ4n) is 1.99. The van der Waals surface area contributed by atoms with Crippen molar-refractivity contribution in [3.8, 4) is 0 Å². The number of nitrogens with zero attached hydrogens (tertiary/aromatic N) is 1. The molecule has 1 aliphatic heterocycles. The Morgan fingerprint density at radius 3 is 2.40 bits per heavy atom. The van der Waals surface area contributed by atoms with Crippen molar-refractivity contribution in [3.63, 3.8) is 0 Å². The molecule has 1 heterocycles. The molecular formula is C11H20N2O2. The highest BCUT2D eigenvalue weighted by Gasteiger charge is 2.43. The quantitative estimate of drug-likeness (QED) is 0.756. The number of carbonyl (C=O) groups is 2. The van der Waals surface area contributed by atoms with Crippen LogP contribution in [0.4, 0.5) is 0 Å². The van der Waals surface area contributed by atoms with Crippen molar-refractivity contribution < 1.29 is 9.59 Å². The zero-order valence-electron chi connectivity index (χ0n) is 9.96. The minimum absolute atomic E-state index is 0.0239. The van der Waals surface area contributed by atoms with Crippen LogP contribution in [0.3, 0.4) is 0 Å². The van der Waals surface area contributed by atoms with Crippen LogP contribution in [0.5, 0.6) is 0 Å². The van der Waals surface area contributed by atoms with Crippen LogP contribution in [0.15, 0.2) is 0 Å². The predicted molar refractivity (Wildman–Crippen MR) is 58.3 cm³/mol. The maximum Gasteiger partial charge on any atom is 0.248 e. The molecule has 1 atom stereocenters. The van der Waals surface area contributed by atoms with Crippen LogP contribution in [-0.2, 0) is 9.59 Å². The second-order valence-corrected chi connectivity index (χ2v) is 4.54. The summed E-state index contributed by atoms with van der Waals surface area (Å²) in [6.07, 6.45) is 1.55. The fourth-order valence-corrected chi connectivity index (χ4v) is 1.99. The summed E-state index contributed by atoms with van der Waals surface area (Å²) in [5.41, 5.74) is -0.752. The van der Waals surface area contributed by atoms with Gasteiger partial charge in [0.25, 0.3) is 0 Å². The van der Waals surface area contributed by atoms with E-state index >= 15 is 0 Å². The zero-order chi connectivity index (χ0) is 11.6. The maximum atomic E-state index is 12.1. The number of piperazine rings is 1. The van der Waals surface area contributed by atoms with Crippen LogP contribution < -0.4 is 5.32 Å². The van der Waals surface area contributed by atoms with E-state index in [0.717, 1.165) is 6.42 Å². The average molecular weight is 212 g/mol. The van der Waals surface area contributed by atoms with E-state index in [1.165, 1.54) is 0 Å². The highest BCUT2D eigenvalue weighted by Crippen LogP contribution is 2.19. The van der Waals surface area contributed by atoms with E-state index in [9.17, 15) is 9.59 Å². The molecule has 0 aromatic heterocycles. The largest absolute Gasteiger partial charge is 0.340 e. The molecule has 1 fully saturated rings. The molecule has 86 valence electrons. The van der Waals surface area contributed by atoms with Gasteiger partial charge in [0.05, 0.1) is 0 Å². The third-order valence-electron chi connectivity index (χ3n) is 2.76. The van der Waals surface area contributed by atoms with Gasteiger partial charge >= 0.3 is 0 Å². The van der Waals surface area contributed by atoms with Gasteiger partial charge in [-0.1, -0.05) is 13.8 Å². The Morgan fingerprint density at radius 2 is 1.93 bits per heavy atom. The predicted octanol–water partition coefficient (Wildman–Crippen LogP) is 0.912. The summed E-state index contributed by atoms with van der Waals surface area (Å²) in [7, 11) is 0. The summed E-state index contributed by atoms with van der Waals surface area (Å²) in [6.45, 7) is 8.11. The normalized spacial score (nSPS) is 25.3. The molecule has 15 heavy (non-hydrogen) atoms. The molecule has 1 rings (SSSR count). The van der Waals surface area contributed by atoms with E-state index in [2.05, 4.69) is 5.32 Å². The standard InChI is InChI=1S/C11H20N2O2/c1-5-7-13-8(6-2)9(14)12-11(3,4)10(13)15/h8H,5-7H2,1-4H3,(H,12,14). The Bertz CT molecular complexity index is 274. The van der Waals surface area contributed by atoms with Crippen molar-refractivity contribution in [2.24, 2.45) is 0 Å². The fraction of sp³-hybridized carbons (Fsp3) is 0.818. The van der Waals surface area contributed by atoms with Crippen LogP contribution >= 0.6 is 0 Å². The number of amides is 2. The van der Waals surface area contributed by atoms with Gasteiger partial charge < -0.3 is 10.2 Å². The molecule has 0 aromatic carbocycles. The summed E-state index contributed by atoms with van der Waals surface area (Å²) < 4.78 is 0. The van der Waals surface area contributed by atoms with Gasteiger partial charge in [0.2, 0.25) is 11.8 Å². The molecule has 0 aromatic rings. The first-order valence-corrected chi connectivity index (χ1v) is 5.57. The van der Waals surface area contributed by atoms with E-state index in [1.807, 2.05) is 13.8 Å². The Labute approximate surface area is 91.0 Å². The summed E-state index contributed by atoms with van der Waals surface area (Å²) >= 11 is 0. The van der Waals surface area contributed by atoms with E-state index in [0.29, 0.717) is 13.0 Å². The van der Waals surface area contributed by atoms with Crippen molar-refractivity contribution in [2.75, 3.05) is 6.54 Å². The topological polar surface area (TPSA) is 49.4 Å². The summed E-state index contributed by atoms with van der Waals surface area (Å²) in [6, 6.07) is -0.287. The first kappa shape index (κ1) is 12.0. The van der Waals surface area contributed by atoms with Crippen molar-refractivity contribution in [1.29, 1.82) is 0 Å². The van der Waals surface area contributed by atoms with Gasteiger partial charge in [-0.3, -0.25) is 9.59 Å². The molecule has 0 spiro atoms. The Morgan fingerprint density at radius 1 is 1.33 bits per heavy atom. The van der Waals surface area contributed by atoms with Gasteiger partial charge in [-0.25, -0.2) is 0 Å². The van der Waals surface area contributed by atoms with Gasteiger partial charge in [-0.05, 0) is 26.7 Å². The molecule has 2 amide bonds. The summed E-state index contributed by atoms with van der Waals surface area (Å²) in [5, 5.41) is 2.76. The summed E-state index contributed by atoms with van der Waals surface area (Å²) in [4.78, 5) is 25.5. The van der Waals surface area contributed by atoms with Gasteiger partial charge in [-0.2, -0.15) is 0 Å². The third-order valence-corrected chi connectivity index (χ3v) is 2.76. The molecule has 1 N–H and O–H groups in total. The number of hydrogen-bond acceptors (Lipinski definition) is 2. The van der Waals surface area contributed by atoms with Crippen LogP contribution in [0, 0.1) is 0 Å². The molecule has 0 aliphatic carbocycles. The van der Waals surface area contributed by atoms with Crippen LogP contribution in [0.1, 0.15) is 40.5 Å². The molecule has 4 nitrogen and oxygen atoms in total. The highest BCUT2D eigenvalue weighted by atomic mass is 16.2. The van der Waals surface area contributed by atoms with Gasteiger partial charge in [0.1, 0.15) is 11.6 Å². The molecular weight excluding hydrogens is 192 g/mol. The van der Waals surface area contributed by atoms with Gasteiger partial charge in [-0.15, -0.1) is 0 Å². The molecule has 1 unspecified atom stereocenters. The number of carbonyl (C=O) groups excluding carboxylic acids is 2. The average Bonchev–Trinajstić information content (AvgIpc) is 2.14. The first-order chi connectivity index (χ1) is 6.94. The lowest BCUT2D eigenvalue weighted by molar-refractivity contribution is -0.153. The lowest BCUT2D eigenvalue weighted by atomic mass is 9.95. The minimum atomic E-state index is -0.752. The van der Waals surface area contributed by atoms with Crippen molar-refractivity contribution >= 4 is 11.8 Å². The number of rotatable bonds is 3. The molecule has 1 saturated heterocycles. The van der Waals surface area contributed by atoms with Crippen LogP contribution in [0.2, 0.25) is 0 Å². The first-order valence-electron chi connectivity index (χ1n) is 5.57. The lowest BCUT2D eigenvalue weighted by Crippen LogP contribution is -2.67. The second kappa shape index (κ2) is 4.21. The van der Waals surface area contributed by atoms with Crippen molar-refractivity contribution in [2.45, 2.75) is 52.1 Å². The second-order valence-electron chi connectivity index (χ2n) is 4.54. The van der Waals surface area contributed by atoms with Crippen LogP contribution in [-0.4, -0.2) is 34.8 Å². The Hall–Kier alpha value is -1.06. The van der Waals surface area contributed by atoms with E-state index in [1.54, 1.807) is 18.7 Å². The highest BCUT2D eigenvalue weighted by molar-refractivity contribution is 5.99. The third kappa shape index (κ3) is 2.13. The minimum Gasteiger partial charge on any atom is -0.340 e. The number of hydrogen-bond donors (Lipinski definition) is 1.